The SMILES string of the molecule is CCC(CC)C(=O)N1CCN(CCOc2cccc(CN(C)C[C@@H]3CCC(=O)N3)c2)CC1. The highest BCUT2D eigenvalue weighted by Crippen LogP contribution is 2.17. The van der Waals surface area contributed by atoms with Crippen LogP contribution in [-0.2, 0) is 16.1 Å². The van der Waals surface area contributed by atoms with Crippen molar-refractivity contribution in [2.45, 2.75) is 52.1 Å². The number of ether oxygens (including phenoxy) is 1. The van der Waals surface area contributed by atoms with E-state index in [4.69, 9.17) is 4.74 Å². The van der Waals surface area contributed by atoms with Gasteiger partial charge in [-0.15, -0.1) is 0 Å². The number of amides is 2. The van der Waals surface area contributed by atoms with Gasteiger partial charge in [0.05, 0.1) is 0 Å². The van der Waals surface area contributed by atoms with Crippen molar-refractivity contribution in [3.8, 4) is 5.75 Å². The lowest BCUT2D eigenvalue weighted by Gasteiger charge is -2.36. The fourth-order valence-corrected chi connectivity index (χ4v) is 4.68. The van der Waals surface area contributed by atoms with E-state index >= 15 is 0 Å². The molecule has 7 nitrogen and oxygen atoms in total. The fourth-order valence-electron chi connectivity index (χ4n) is 4.68. The second-order valence-corrected chi connectivity index (χ2v) is 9.18. The third-order valence-corrected chi connectivity index (χ3v) is 6.66. The Morgan fingerprint density at radius 1 is 1.22 bits per heavy atom. The first-order chi connectivity index (χ1) is 15.5. The zero-order valence-electron chi connectivity index (χ0n) is 20.0. The zero-order chi connectivity index (χ0) is 22.9. The summed E-state index contributed by atoms with van der Waals surface area (Å²) in [6, 6.07) is 8.53. The van der Waals surface area contributed by atoms with Crippen molar-refractivity contribution in [2.75, 3.05) is 52.9 Å². The van der Waals surface area contributed by atoms with Gasteiger partial charge in [-0.1, -0.05) is 26.0 Å². The molecule has 2 fully saturated rings. The van der Waals surface area contributed by atoms with Crippen LogP contribution < -0.4 is 10.1 Å². The Morgan fingerprint density at radius 2 is 1.97 bits per heavy atom. The quantitative estimate of drug-likeness (QED) is 0.568. The summed E-state index contributed by atoms with van der Waals surface area (Å²) in [5.74, 6) is 1.56. The lowest BCUT2D eigenvalue weighted by atomic mass is 10.0. The summed E-state index contributed by atoms with van der Waals surface area (Å²) in [6.45, 7) is 10.9. The molecule has 2 aliphatic rings. The molecule has 32 heavy (non-hydrogen) atoms. The van der Waals surface area contributed by atoms with Crippen molar-refractivity contribution in [1.29, 1.82) is 0 Å². The van der Waals surface area contributed by atoms with Crippen molar-refractivity contribution >= 4 is 11.8 Å². The number of carbonyl (C=O) groups is 2. The lowest BCUT2D eigenvalue weighted by molar-refractivity contribution is -0.137. The van der Waals surface area contributed by atoms with Gasteiger partial charge in [-0.2, -0.15) is 0 Å². The number of hydrogen-bond donors (Lipinski definition) is 1. The number of nitrogens with zero attached hydrogens (tertiary/aromatic N) is 3. The van der Waals surface area contributed by atoms with Crippen LogP contribution in [0, 0.1) is 5.92 Å². The van der Waals surface area contributed by atoms with Crippen LogP contribution in [0.4, 0.5) is 0 Å². The highest BCUT2D eigenvalue weighted by Gasteiger charge is 2.25. The van der Waals surface area contributed by atoms with Gasteiger partial charge in [0.25, 0.3) is 0 Å². The summed E-state index contributed by atoms with van der Waals surface area (Å²) in [6.07, 6.45) is 3.42. The normalized spacial score (nSPS) is 19.6. The molecule has 0 aliphatic carbocycles. The molecule has 0 aromatic heterocycles. The molecule has 178 valence electrons. The third-order valence-electron chi connectivity index (χ3n) is 6.66. The van der Waals surface area contributed by atoms with Gasteiger partial charge < -0.3 is 19.9 Å². The number of benzene rings is 1. The minimum atomic E-state index is 0.165. The highest BCUT2D eigenvalue weighted by molar-refractivity contribution is 5.79. The standard InChI is InChI=1S/C25H40N4O3/c1-4-21(5-2)25(31)29-13-11-28(12-14-29)15-16-32-23-8-6-7-20(17-23)18-27(3)19-22-9-10-24(30)26-22/h6-8,17,21-22H,4-5,9-16,18-19H2,1-3H3,(H,26,30)/t22-/m0/s1. The highest BCUT2D eigenvalue weighted by atomic mass is 16.5. The van der Waals surface area contributed by atoms with Gasteiger partial charge in [0.15, 0.2) is 0 Å². The van der Waals surface area contributed by atoms with E-state index in [-0.39, 0.29) is 17.9 Å². The predicted octanol–water partition coefficient (Wildman–Crippen LogP) is 2.36. The molecule has 0 bridgehead atoms. The van der Waals surface area contributed by atoms with Crippen LogP contribution in [0.3, 0.4) is 0 Å². The zero-order valence-corrected chi connectivity index (χ0v) is 20.0. The maximum atomic E-state index is 12.5. The molecule has 0 saturated carbocycles. The number of likely N-dealkylation sites (N-methyl/N-ethyl adjacent to an activating group) is 1. The Labute approximate surface area is 193 Å². The molecule has 7 heteroatoms. The van der Waals surface area contributed by atoms with E-state index in [1.807, 2.05) is 17.0 Å². The summed E-state index contributed by atoms with van der Waals surface area (Å²) in [5.41, 5.74) is 1.21. The Bertz CT molecular complexity index is 744. The maximum Gasteiger partial charge on any atom is 0.225 e. The van der Waals surface area contributed by atoms with Crippen LogP contribution in [0.5, 0.6) is 5.75 Å². The topological polar surface area (TPSA) is 65.1 Å². The first-order valence-corrected chi connectivity index (χ1v) is 12.2. The molecule has 2 aliphatic heterocycles. The summed E-state index contributed by atoms with van der Waals surface area (Å²) in [4.78, 5) is 30.6. The van der Waals surface area contributed by atoms with E-state index in [1.165, 1.54) is 5.56 Å². The van der Waals surface area contributed by atoms with E-state index in [9.17, 15) is 9.59 Å². The predicted molar refractivity (Wildman–Crippen MR) is 127 cm³/mol. The smallest absolute Gasteiger partial charge is 0.225 e. The Balaban J connectivity index is 1.37. The summed E-state index contributed by atoms with van der Waals surface area (Å²) < 4.78 is 6.03. The van der Waals surface area contributed by atoms with Gasteiger partial charge in [0.1, 0.15) is 12.4 Å². The molecule has 1 atom stereocenters. The Kier molecular flexibility index (Phi) is 9.36. The van der Waals surface area contributed by atoms with E-state index in [0.29, 0.717) is 18.9 Å². The first kappa shape index (κ1) is 24.5. The second-order valence-electron chi connectivity index (χ2n) is 9.18. The minimum Gasteiger partial charge on any atom is -0.492 e. The number of carbonyl (C=O) groups excluding carboxylic acids is 2. The largest absolute Gasteiger partial charge is 0.492 e. The first-order valence-electron chi connectivity index (χ1n) is 12.2. The van der Waals surface area contributed by atoms with Crippen molar-refractivity contribution in [1.82, 2.24) is 20.0 Å². The monoisotopic (exact) mass is 444 g/mol. The van der Waals surface area contributed by atoms with Gasteiger partial charge in [0.2, 0.25) is 11.8 Å². The van der Waals surface area contributed by atoms with Crippen molar-refractivity contribution in [2.24, 2.45) is 5.92 Å². The Hall–Kier alpha value is -2.12. The van der Waals surface area contributed by atoms with E-state index in [1.54, 1.807) is 0 Å². The molecule has 1 aromatic rings. The fraction of sp³-hybridized carbons (Fsp3) is 0.680. The molecule has 0 radical (unpaired) electrons. The van der Waals surface area contributed by atoms with Crippen LogP contribution in [0.15, 0.2) is 24.3 Å². The molecule has 2 saturated heterocycles. The number of nitrogens with one attached hydrogen (secondary N) is 1. The molecule has 0 unspecified atom stereocenters. The molecule has 3 rings (SSSR count). The number of rotatable bonds is 11. The van der Waals surface area contributed by atoms with Gasteiger partial charge in [-0.3, -0.25) is 14.5 Å². The average molecular weight is 445 g/mol. The minimum absolute atomic E-state index is 0.165. The van der Waals surface area contributed by atoms with Crippen LogP contribution in [0.25, 0.3) is 0 Å². The molecular formula is C25H40N4O3. The summed E-state index contributed by atoms with van der Waals surface area (Å²) in [5, 5.41) is 3.03. The molecule has 0 spiro atoms. The molecule has 1 N–H and O–H groups in total. The molecular weight excluding hydrogens is 404 g/mol. The molecule has 2 amide bonds. The molecule has 2 heterocycles. The van der Waals surface area contributed by atoms with Gasteiger partial charge in [0, 0.05) is 64.2 Å². The van der Waals surface area contributed by atoms with Gasteiger partial charge in [-0.25, -0.2) is 0 Å². The lowest BCUT2D eigenvalue weighted by Crippen LogP contribution is -2.51. The van der Waals surface area contributed by atoms with Gasteiger partial charge >= 0.3 is 0 Å². The average Bonchev–Trinajstić information content (AvgIpc) is 3.19. The summed E-state index contributed by atoms with van der Waals surface area (Å²) >= 11 is 0. The van der Waals surface area contributed by atoms with Crippen molar-refractivity contribution in [3.63, 3.8) is 0 Å². The van der Waals surface area contributed by atoms with Crippen LogP contribution >= 0.6 is 0 Å². The summed E-state index contributed by atoms with van der Waals surface area (Å²) in [7, 11) is 2.09. The number of piperazine rings is 1. The van der Waals surface area contributed by atoms with Crippen LogP contribution in [0.2, 0.25) is 0 Å². The van der Waals surface area contributed by atoms with E-state index in [2.05, 4.69) is 48.1 Å². The van der Waals surface area contributed by atoms with E-state index < -0.39 is 0 Å². The maximum absolute atomic E-state index is 12.5. The van der Waals surface area contributed by atoms with Gasteiger partial charge in [-0.05, 0) is 44.0 Å². The third kappa shape index (κ3) is 7.20. The Morgan fingerprint density at radius 3 is 2.62 bits per heavy atom. The molecule has 1 aromatic carbocycles. The number of hydrogen-bond acceptors (Lipinski definition) is 5. The van der Waals surface area contributed by atoms with Crippen molar-refractivity contribution in [3.05, 3.63) is 29.8 Å². The second kappa shape index (κ2) is 12.2. The van der Waals surface area contributed by atoms with Crippen LogP contribution in [-0.4, -0.2) is 85.5 Å². The van der Waals surface area contributed by atoms with Crippen molar-refractivity contribution < 1.29 is 14.3 Å². The van der Waals surface area contributed by atoms with Crippen LogP contribution in [0.1, 0.15) is 45.1 Å². The van der Waals surface area contributed by atoms with E-state index in [0.717, 1.165) is 70.8 Å².